The van der Waals surface area contributed by atoms with Crippen molar-refractivity contribution in [2.24, 2.45) is 0 Å². The van der Waals surface area contributed by atoms with Crippen molar-refractivity contribution in [3.05, 3.63) is 119 Å². The maximum Gasteiger partial charge on any atom is 0.257 e. The molecule has 0 aliphatic heterocycles. The van der Waals surface area contributed by atoms with Gasteiger partial charge in [-0.1, -0.05) is 48.5 Å². The molecule has 168 valence electrons. The lowest BCUT2D eigenvalue weighted by Gasteiger charge is -2.11. The van der Waals surface area contributed by atoms with Gasteiger partial charge in [0.1, 0.15) is 0 Å². The number of fused-ring (bicyclic) bond motifs is 2. The quantitative estimate of drug-likeness (QED) is 0.368. The Morgan fingerprint density at radius 3 is 2.34 bits per heavy atom. The van der Waals surface area contributed by atoms with Gasteiger partial charge in [0.05, 0.1) is 22.7 Å². The molecule has 0 aliphatic carbocycles. The minimum Gasteiger partial charge on any atom is -0.348 e. The Kier molecular flexibility index (Phi) is 5.89. The van der Waals surface area contributed by atoms with E-state index in [2.05, 4.69) is 21.7 Å². The molecule has 2 amide bonds. The number of rotatable bonds is 5. The zero-order chi connectivity index (χ0) is 24.2. The number of nitrogens with zero attached hydrogens (tertiary/aromatic N) is 2. The molecule has 0 spiro atoms. The molecular formula is C29H20N4O2. The van der Waals surface area contributed by atoms with Gasteiger partial charge in [0.2, 0.25) is 0 Å². The third-order valence-corrected chi connectivity index (χ3v) is 5.80. The van der Waals surface area contributed by atoms with Crippen LogP contribution in [0.5, 0.6) is 0 Å². The van der Waals surface area contributed by atoms with Gasteiger partial charge in [-0.25, -0.2) is 0 Å². The number of pyridine rings is 1. The van der Waals surface area contributed by atoms with E-state index in [1.807, 2.05) is 60.7 Å². The summed E-state index contributed by atoms with van der Waals surface area (Å²) >= 11 is 0. The molecule has 0 unspecified atom stereocenters. The SMILES string of the molecule is N#Cc1ccc(CNC(=O)c2cccc3cc(NC(=O)c4cccc5cccnc45)ccc23)cc1. The summed E-state index contributed by atoms with van der Waals surface area (Å²) in [7, 11) is 0. The zero-order valence-corrected chi connectivity index (χ0v) is 18.7. The van der Waals surface area contributed by atoms with Gasteiger partial charge in [-0.05, 0) is 58.8 Å². The lowest BCUT2D eigenvalue weighted by atomic mass is 10.0. The Labute approximate surface area is 201 Å². The van der Waals surface area contributed by atoms with E-state index in [9.17, 15) is 9.59 Å². The second kappa shape index (κ2) is 9.46. The highest BCUT2D eigenvalue weighted by Gasteiger charge is 2.13. The number of amides is 2. The normalized spacial score (nSPS) is 10.6. The summed E-state index contributed by atoms with van der Waals surface area (Å²) < 4.78 is 0. The maximum absolute atomic E-state index is 13.0. The van der Waals surface area contributed by atoms with Gasteiger partial charge in [0, 0.05) is 29.4 Å². The molecule has 35 heavy (non-hydrogen) atoms. The first-order chi connectivity index (χ1) is 17.1. The van der Waals surface area contributed by atoms with E-state index < -0.39 is 0 Å². The molecule has 4 aromatic carbocycles. The van der Waals surface area contributed by atoms with Crippen LogP contribution in [-0.2, 0) is 6.54 Å². The van der Waals surface area contributed by atoms with Gasteiger partial charge < -0.3 is 10.6 Å². The molecule has 5 aromatic rings. The fourth-order valence-electron chi connectivity index (χ4n) is 4.02. The summed E-state index contributed by atoms with van der Waals surface area (Å²) in [5, 5.41) is 17.3. The molecule has 0 bridgehead atoms. The first-order valence-corrected chi connectivity index (χ1v) is 11.1. The summed E-state index contributed by atoms with van der Waals surface area (Å²) in [5.41, 5.74) is 3.81. The summed E-state index contributed by atoms with van der Waals surface area (Å²) in [6.07, 6.45) is 1.67. The highest BCUT2D eigenvalue weighted by Crippen LogP contribution is 2.24. The molecule has 0 saturated carbocycles. The Balaban J connectivity index is 1.35. The number of para-hydroxylation sites is 1. The smallest absolute Gasteiger partial charge is 0.257 e. The Hall–Kier alpha value is -5.02. The lowest BCUT2D eigenvalue weighted by Crippen LogP contribution is -2.23. The predicted molar refractivity (Wildman–Crippen MR) is 136 cm³/mol. The number of hydrogen-bond donors (Lipinski definition) is 2. The Morgan fingerprint density at radius 2 is 1.54 bits per heavy atom. The summed E-state index contributed by atoms with van der Waals surface area (Å²) in [5.74, 6) is -0.441. The van der Waals surface area contributed by atoms with Crippen LogP contribution in [0.25, 0.3) is 21.7 Å². The van der Waals surface area contributed by atoms with Gasteiger partial charge >= 0.3 is 0 Å². The van der Waals surface area contributed by atoms with Gasteiger partial charge in [0.15, 0.2) is 0 Å². The molecule has 6 heteroatoms. The standard InChI is InChI=1S/C29H20N4O2/c30-17-19-9-11-20(12-10-19)18-32-28(34)25-7-2-5-22-16-23(13-14-24(22)25)33-29(35)26-8-1-4-21-6-3-15-31-27(21)26/h1-16H,18H2,(H,32,34)(H,33,35). The van der Waals surface area contributed by atoms with Gasteiger partial charge in [-0.3, -0.25) is 14.6 Å². The summed E-state index contributed by atoms with van der Waals surface area (Å²) in [4.78, 5) is 30.2. The molecular weight excluding hydrogens is 436 g/mol. The number of hydrogen-bond acceptors (Lipinski definition) is 4. The van der Waals surface area contributed by atoms with Crippen molar-refractivity contribution in [2.45, 2.75) is 6.54 Å². The molecule has 0 saturated heterocycles. The van der Waals surface area contributed by atoms with E-state index in [-0.39, 0.29) is 11.8 Å². The monoisotopic (exact) mass is 456 g/mol. The lowest BCUT2D eigenvalue weighted by molar-refractivity contribution is 0.0951. The number of aromatic nitrogens is 1. The van der Waals surface area contributed by atoms with E-state index >= 15 is 0 Å². The highest BCUT2D eigenvalue weighted by atomic mass is 16.2. The fraction of sp³-hybridized carbons (Fsp3) is 0.0345. The number of carbonyl (C=O) groups excluding carboxylic acids is 2. The number of anilines is 1. The van der Waals surface area contributed by atoms with Crippen molar-refractivity contribution in [3.8, 4) is 6.07 Å². The van der Waals surface area contributed by atoms with Crippen molar-refractivity contribution < 1.29 is 9.59 Å². The molecule has 5 rings (SSSR count). The first-order valence-electron chi connectivity index (χ1n) is 11.1. The van der Waals surface area contributed by atoms with Crippen molar-refractivity contribution in [2.75, 3.05) is 5.32 Å². The number of benzene rings is 4. The van der Waals surface area contributed by atoms with Crippen LogP contribution in [0.4, 0.5) is 5.69 Å². The summed E-state index contributed by atoms with van der Waals surface area (Å²) in [6, 6.07) is 29.4. The molecule has 6 nitrogen and oxygen atoms in total. The van der Waals surface area contributed by atoms with E-state index in [1.54, 1.807) is 36.5 Å². The predicted octanol–water partition coefficient (Wildman–Crippen LogP) is 5.44. The maximum atomic E-state index is 13.0. The Morgan fingerprint density at radius 1 is 0.800 bits per heavy atom. The van der Waals surface area contributed by atoms with Crippen LogP contribution in [-0.4, -0.2) is 16.8 Å². The largest absolute Gasteiger partial charge is 0.348 e. The average molecular weight is 457 g/mol. The molecule has 0 aliphatic rings. The topological polar surface area (TPSA) is 94.9 Å². The van der Waals surface area contributed by atoms with Crippen molar-refractivity contribution >= 4 is 39.2 Å². The number of nitriles is 1. The third-order valence-electron chi connectivity index (χ3n) is 5.80. The zero-order valence-electron chi connectivity index (χ0n) is 18.7. The molecule has 0 atom stereocenters. The Bertz CT molecular complexity index is 1610. The van der Waals surface area contributed by atoms with Crippen LogP contribution in [0.2, 0.25) is 0 Å². The van der Waals surface area contributed by atoms with E-state index in [0.29, 0.717) is 34.4 Å². The van der Waals surface area contributed by atoms with Crippen molar-refractivity contribution in [3.63, 3.8) is 0 Å². The molecule has 0 fully saturated rings. The fourth-order valence-corrected chi connectivity index (χ4v) is 4.02. The van der Waals surface area contributed by atoms with E-state index in [4.69, 9.17) is 5.26 Å². The van der Waals surface area contributed by atoms with E-state index in [0.717, 1.165) is 21.7 Å². The number of nitrogens with one attached hydrogen (secondary N) is 2. The van der Waals surface area contributed by atoms with Crippen LogP contribution in [0, 0.1) is 11.3 Å². The second-order valence-electron chi connectivity index (χ2n) is 8.07. The molecule has 2 N–H and O–H groups in total. The van der Waals surface area contributed by atoms with Crippen molar-refractivity contribution in [1.82, 2.24) is 10.3 Å². The molecule has 1 heterocycles. The second-order valence-corrected chi connectivity index (χ2v) is 8.07. The molecule has 0 radical (unpaired) electrons. The highest BCUT2D eigenvalue weighted by molar-refractivity contribution is 6.13. The van der Waals surface area contributed by atoms with Gasteiger partial charge in [0.25, 0.3) is 11.8 Å². The van der Waals surface area contributed by atoms with Gasteiger partial charge in [-0.2, -0.15) is 5.26 Å². The number of carbonyl (C=O) groups is 2. The van der Waals surface area contributed by atoms with Crippen LogP contribution in [0.3, 0.4) is 0 Å². The molecule has 1 aromatic heterocycles. The van der Waals surface area contributed by atoms with Crippen LogP contribution in [0.1, 0.15) is 31.8 Å². The van der Waals surface area contributed by atoms with Crippen LogP contribution < -0.4 is 10.6 Å². The van der Waals surface area contributed by atoms with Crippen LogP contribution >= 0.6 is 0 Å². The minimum absolute atomic E-state index is 0.196. The van der Waals surface area contributed by atoms with Crippen LogP contribution in [0.15, 0.2) is 97.2 Å². The van der Waals surface area contributed by atoms with Gasteiger partial charge in [-0.15, -0.1) is 0 Å². The van der Waals surface area contributed by atoms with E-state index in [1.165, 1.54) is 0 Å². The average Bonchev–Trinajstić information content (AvgIpc) is 2.91. The summed E-state index contributed by atoms with van der Waals surface area (Å²) in [6.45, 7) is 0.355. The van der Waals surface area contributed by atoms with Crippen molar-refractivity contribution in [1.29, 1.82) is 5.26 Å². The minimum atomic E-state index is -0.245. The third kappa shape index (κ3) is 4.56. The first kappa shape index (κ1) is 21.8.